The van der Waals surface area contributed by atoms with Gasteiger partial charge in [-0.2, -0.15) is 4.98 Å². The van der Waals surface area contributed by atoms with Crippen molar-refractivity contribution in [1.29, 1.82) is 0 Å². The van der Waals surface area contributed by atoms with Crippen LogP contribution in [0.4, 0.5) is 23.1 Å². The van der Waals surface area contributed by atoms with Crippen LogP contribution < -0.4 is 20.7 Å². The first-order chi connectivity index (χ1) is 13.2. The number of nitrogens with one attached hydrogen (secondary N) is 3. The van der Waals surface area contributed by atoms with Gasteiger partial charge >= 0.3 is 0 Å². The van der Waals surface area contributed by atoms with Crippen molar-refractivity contribution in [1.82, 2.24) is 9.97 Å². The highest BCUT2D eigenvalue weighted by Gasteiger charge is 2.12. The van der Waals surface area contributed by atoms with Crippen LogP contribution in [-0.4, -0.2) is 23.6 Å². The molecule has 1 aromatic heterocycles. The number of benzene rings is 1. The molecule has 0 spiro atoms. The summed E-state index contributed by atoms with van der Waals surface area (Å²) in [6.45, 7) is 5.95. The molecule has 3 rings (SSSR count). The number of rotatable bonds is 8. The number of nitrogens with zero attached hydrogens (tertiary/aromatic N) is 2. The predicted octanol–water partition coefficient (Wildman–Crippen LogP) is 4.51. The summed E-state index contributed by atoms with van der Waals surface area (Å²) in [7, 11) is 1.60. The van der Waals surface area contributed by atoms with E-state index in [9.17, 15) is 0 Å². The quantitative estimate of drug-likeness (QED) is 0.586. The lowest BCUT2D eigenvalue weighted by atomic mass is 10.2. The Labute approximate surface area is 163 Å². The van der Waals surface area contributed by atoms with E-state index in [1.807, 2.05) is 36.4 Å². The number of hydrogen-bond acceptors (Lipinski definition) is 6. The minimum atomic E-state index is 0.382. The first-order valence-corrected chi connectivity index (χ1v) is 8.56. The molecule has 1 aromatic carbocycles. The van der Waals surface area contributed by atoms with Gasteiger partial charge in [-0.15, -0.1) is 0 Å². The molecule has 0 radical (unpaired) electrons. The third kappa shape index (κ3) is 4.81. The summed E-state index contributed by atoms with van der Waals surface area (Å²) in [5.74, 6) is 1.50. The van der Waals surface area contributed by atoms with E-state index in [0.29, 0.717) is 29.1 Å². The highest BCUT2D eigenvalue weighted by Crippen LogP contribution is 2.30. The highest BCUT2D eigenvalue weighted by atomic mass is 35.5. The van der Waals surface area contributed by atoms with Crippen molar-refractivity contribution in [3.05, 3.63) is 78.2 Å². The number of hydrogen-bond donors (Lipinski definition) is 3. The largest absolute Gasteiger partial charge is 0.494 e. The molecule has 0 atom stereocenters. The lowest BCUT2D eigenvalue weighted by molar-refractivity contribution is 0.417. The van der Waals surface area contributed by atoms with E-state index in [4.69, 9.17) is 22.9 Å². The van der Waals surface area contributed by atoms with Gasteiger partial charge in [0.15, 0.2) is 11.9 Å². The molecule has 0 aliphatic heterocycles. The van der Waals surface area contributed by atoms with Gasteiger partial charge in [0.1, 0.15) is 16.8 Å². The van der Waals surface area contributed by atoms with Crippen LogP contribution in [-0.2, 0) is 0 Å². The number of aromatic nitrogens is 2. The van der Waals surface area contributed by atoms with Gasteiger partial charge in [0.2, 0.25) is 18.2 Å². The molecule has 3 N–H and O–H groups in total. The van der Waals surface area contributed by atoms with Crippen LogP contribution in [0.1, 0.15) is 0 Å². The molecule has 6 nitrogen and oxygen atoms in total. The second-order valence-electron chi connectivity index (χ2n) is 5.45. The lowest BCUT2D eigenvalue weighted by Gasteiger charge is -2.13. The Morgan fingerprint density at radius 2 is 2.19 bits per heavy atom. The molecule has 2 aromatic rings. The first kappa shape index (κ1) is 18.4. The number of allylic oxidation sites excluding steroid dienone is 5. The Hall–Kier alpha value is -3.43. The van der Waals surface area contributed by atoms with Gasteiger partial charge in [-0.3, -0.25) is 0 Å². The molecule has 0 fully saturated rings. The van der Waals surface area contributed by atoms with Gasteiger partial charge in [-0.25, -0.2) is 4.98 Å². The first-order valence-electron chi connectivity index (χ1n) is 8.18. The van der Waals surface area contributed by atoms with Gasteiger partial charge in [-0.1, -0.05) is 11.6 Å². The standard InChI is InChI=1S/C20H18ClN5O/c1-3-11-22-15-9-10-17(18(12-15)27-2)25-20-23-13-16(21)19(26-20)24-14-7-5-4-6-8-14/h1,3-7,9-10,12-13,22H,11H2,2H3,(H2,23,24,25,26)/q+2. The number of ether oxygens (including phenoxy) is 1. The Kier molecular flexibility index (Phi) is 5.98. The van der Waals surface area contributed by atoms with Gasteiger partial charge < -0.3 is 20.7 Å². The normalized spacial score (nSPS) is 12.0. The van der Waals surface area contributed by atoms with Crippen molar-refractivity contribution in [2.75, 3.05) is 29.6 Å². The minimum Gasteiger partial charge on any atom is -0.494 e. The molecule has 1 heterocycles. The summed E-state index contributed by atoms with van der Waals surface area (Å²) in [6.07, 6.45) is 13.6. The Bertz CT molecular complexity index is 921. The highest BCUT2D eigenvalue weighted by molar-refractivity contribution is 6.32. The molecule has 0 amide bonds. The summed E-state index contributed by atoms with van der Waals surface area (Å²) in [6, 6.07) is 5.63. The van der Waals surface area contributed by atoms with E-state index < -0.39 is 0 Å². The molecule has 1 aliphatic rings. The molecule has 134 valence electrons. The van der Waals surface area contributed by atoms with Crippen LogP contribution in [0.2, 0.25) is 5.02 Å². The van der Waals surface area contributed by atoms with E-state index in [-0.39, 0.29) is 0 Å². The van der Waals surface area contributed by atoms with Crippen molar-refractivity contribution >= 4 is 34.7 Å². The molecule has 0 unspecified atom stereocenters. The average Bonchev–Trinajstić information content (AvgIpc) is 2.70. The van der Waals surface area contributed by atoms with E-state index >= 15 is 0 Å². The van der Waals surface area contributed by atoms with Crippen molar-refractivity contribution < 1.29 is 4.74 Å². The van der Waals surface area contributed by atoms with E-state index in [0.717, 1.165) is 17.1 Å². The summed E-state index contributed by atoms with van der Waals surface area (Å²) < 4.78 is 5.44. The Morgan fingerprint density at radius 3 is 2.93 bits per heavy atom. The molecule has 1 aliphatic carbocycles. The summed E-state index contributed by atoms with van der Waals surface area (Å²) in [4.78, 5) is 8.66. The van der Waals surface area contributed by atoms with Crippen LogP contribution in [0.15, 0.2) is 60.5 Å². The van der Waals surface area contributed by atoms with Crippen molar-refractivity contribution in [2.24, 2.45) is 0 Å². The summed E-state index contributed by atoms with van der Waals surface area (Å²) >= 11 is 6.20. The maximum absolute atomic E-state index is 6.20. The fourth-order valence-electron chi connectivity index (χ4n) is 2.32. The Balaban J connectivity index is 1.80. The molecule has 0 saturated carbocycles. The average molecular weight is 380 g/mol. The zero-order valence-electron chi connectivity index (χ0n) is 14.7. The number of anilines is 4. The van der Waals surface area contributed by atoms with Crippen LogP contribution in [0, 0.1) is 12.7 Å². The smallest absolute Gasteiger partial charge is 0.229 e. The third-order valence-corrected chi connectivity index (χ3v) is 3.85. The Morgan fingerprint density at radius 1 is 1.30 bits per heavy atom. The predicted molar refractivity (Wildman–Crippen MR) is 109 cm³/mol. The second-order valence-corrected chi connectivity index (χ2v) is 5.86. The van der Waals surface area contributed by atoms with E-state index in [2.05, 4.69) is 32.0 Å². The van der Waals surface area contributed by atoms with Crippen molar-refractivity contribution in [3.63, 3.8) is 0 Å². The second kappa shape index (κ2) is 8.79. The fourth-order valence-corrected chi connectivity index (χ4v) is 2.45. The van der Waals surface area contributed by atoms with Crippen LogP contribution >= 0.6 is 11.6 Å². The minimum absolute atomic E-state index is 0.382. The van der Waals surface area contributed by atoms with Crippen molar-refractivity contribution in [2.45, 2.75) is 0 Å². The van der Waals surface area contributed by atoms with Crippen LogP contribution in [0.3, 0.4) is 0 Å². The van der Waals surface area contributed by atoms with Gasteiger partial charge in [0.05, 0.1) is 43.8 Å². The van der Waals surface area contributed by atoms with Crippen LogP contribution in [0.25, 0.3) is 0 Å². The monoisotopic (exact) mass is 379 g/mol. The maximum Gasteiger partial charge on any atom is 0.229 e. The van der Waals surface area contributed by atoms with Gasteiger partial charge in [-0.05, 0) is 12.1 Å². The molecule has 0 saturated heterocycles. The van der Waals surface area contributed by atoms with Gasteiger partial charge in [0, 0.05) is 17.8 Å². The summed E-state index contributed by atoms with van der Waals surface area (Å²) in [5.41, 5.74) is 2.37. The SMILES string of the molecule is [CH+]=CCNc1ccc(Nc2ncc(Cl)c(NC3=CC=CC=[C+]3)n2)c(OC)c1. The molecule has 27 heavy (non-hydrogen) atoms. The zero-order valence-corrected chi connectivity index (χ0v) is 15.4. The molecule has 0 bridgehead atoms. The van der Waals surface area contributed by atoms with Gasteiger partial charge in [0.25, 0.3) is 0 Å². The van der Waals surface area contributed by atoms with E-state index in [1.165, 1.54) is 6.20 Å². The third-order valence-electron chi connectivity index (χ3n) is 3.58. The molecule has 7 heteroatoms. The van der Waals surface area contributed by atoms with Crippen LogP contribution in [0.5, 0.6) is 5.75 Å². The number of halogens is 1. The summed E-state index contributed by atoms with van der Waals surface area (Å²) in [5, 5.41) is 9.83. The van der Waals surface area contributed by atoms with Crippen molar-refractivity contribution in [3.8, 4) is 5.75 Å². The maximum atomic E-state index is 6.20. The topological polar surface area (TPSA) is 71.1 Å². The lowest BCUT2D eigenvalue weighted by Crippen LogP contribution is -2.05. The molecular weight excluding hydrogens is 362 g/mol. The zero-order chi connectivity index (χ0) is 19.1. The number of methoxy groups -OCH3 is 1. The van der Waals surface area contributed by atoms with E-state index in [1.54, 1.807) is 19.3 Å². The fraction of sp³-hybridized carbons (Fsp3) is 0.100. The molecular formula is C20H18ClN5O+2.